The number of hydrogen-bond donors (Lipinski definition) is 1. The van der Waals surface area contributed by atoms with Crippen molar-refractivity contribution < 1.29 is 4.74 Å². The van der Waals surface area contributed by atoms with Gasteiger partial charge in [0.05, 0.1) is 18.5 Å². The molecule has 0 aliphatic rings. The zero-order valence-electron chi connectivity index (χ0n) is 10.5. The van der Waals surface area contributed by atoms with Gasteiger partial charge >= 0.3 is 0 Å². The molecular formula is C13H16ClN3O. The first kappa shape index (κ1) is 12.9. The van der Waals surface area contributed by atoms with E-state index in [0.29, 0.717) is 11.6 Å². The van der Waals surface area contributed by atoms with Gasteiger partial charge < -0.3 is 10.5 Å². The van der Waals surface area contributed by atoms with Crippen molar-refractivity contribution in [3.05, 3.63) is 35.0 Å². The predicted octanol–water partition coefficient (Wildman–Crippen LogP) is 2.69. The van der Waals surface area contributed by atoms with Gasteiger partial charge in [0, 0.05) is 23.7 Å². The summed E-state index contributed by atoms with van der Waals surface area (Å²) in [5, 5.41) is 5.18. The van der Waals surface area contributed by atoms with Gasteiger partial charge in [-0.05, 0) is 31.2 Å². The molecule has 0 unspecified atom stereocenters. The first-order chi connectivity index (χ1) is 8.69. The van der Waals surface area contributed by atoms with Crippen molar-refractivity contribution in [3.8, 4) is 17.0 Å². The molecule has 0 bridgehead atoms. The number of methoxy groups -OCH3 is 1. The van der Waals surface area contributed by atoms with E-state index in [1.165, 1.54) is 0 Å². The second-order valence-electron chi connectivity index (χ2n) is 3.89. The highest BCUT2D eigenvalue weighted by Crippen LogP contribution is 2.32. The van der Waals surface area contributed by atoms with Crippen molar-refractivity contribution in [2.75, 3.05) is 7.11 Å². The number of nitrogens with zero attached hydrogens (tertiary/aromatic N) is 2. The minimum absolute atomic E-state index is 0.462. The molecule has 5 heteroatoms. The van der Waals surface area contributed by atoms with Crippen molar-refractivity contribution in [1.82, 2.24) is 9.78 Å². The fraction of sp³-hybridized carbons (Fsp3) is 0.308. The van der Waals surface area contributed by atoms with E-state index in [9.17, 15) is 0 Å². The number of rotatable bonds is 4. The van der Waals surface area contributed by atoms with Crippen LogP contribution in [0.15, 0.2) is 24.3 Å². The Morgan fingerprint density at radius 1 is 1.39 bits per heavy atom. The molecule has 2 N–H and O–H groups in total. The molecule has 2 rings (SSSR count). The molecule has 2 aromatic rings. The van der Waals surface area contributed by atoms with Crippen LogP contribution in [0.4, 0.5) is 0 Å². The Bertz CT molecular complexity index is 530. The quantitative estimate of drug-likeness (QED) is 0.925. The number of benzene rings is 1. The first-order valence-electron chi connectivity index (χ1n) is 5.80. The number of aromatic nitrogens is 2. The molecule has 0 atom stereocenters. The van der Waals surface area contributed by atoms with Crippen LogP contribution in [0.5, 0.6) is 5.75 Å². The number of hydrogen-bond acceptors (Lipinski definition) is 3. The standard InChI is InChI=1S/C13H16ClN3O/c1-3-17-10(8-15)7-12(16-17)11-6-9(14)4-5-13(11)18-2/h4-7H,3,8,15H2,1-2H3. The van der Waals surface area contributed by atoms with Gasteiger partial charge in [-0.25, -0.2) is 0 Å². The van der Waals surface area contributed by atoms with E-state index in [-0.39, 0.29) is 0 Å². The average Bonchev–Trinajstić information content (AvgIpc) is 2.81. The zero-order valence-corrected chi connectivity index (χ0v) is 11.2. The van der Waals surface area contributed by atoms with Crippen molar-refractivity contribution in [2.24, 2.45) is 5.73 Å². The third kappa shape index (κ3) is 2.35. The van der Waals surface area contributed by atoms with Gasteiger partial charge in [-0.2, -0.15) is 5.10 Å². The molecule has 1 aromatic carbocycles. The number of ether oxygens (including phenoxy) is 1. The SMILES string of the molecule is CCn1nc(-c2cc(Cl)ccc2OC)cc1CN. The highest BCUT2D eigenvalue weighted by atomic mass is 35.5. The van der Waals surface area contributed by atoms with E-state index in [4.69, 9.17) is 22.1 Å². The Labute approximate surface area is 111 Å². The summed E-state index contributed by atoms with van der Waals surface area (Å²) < 4.78 is 7.22. The Morgan fingerprint density at radius 3 is 2.72 bits per heavy atom. The smallest absolute Gasteiger partial charge is 0.128 e. The van der Waals surface area contributed by atoms with Crippen LogP contribution in [0.2, 0.25) is 5.02 Å². The fourth-order valence-electron chi connectivity index (χ4n) is 1.91. The summed E-state index contributed by atoms with van der Waals surface area (Å²) in [5.74, 6) is 0.753. The minimum atomic E-state index is 0.462. The minimum Gasteiger partial charge on any atom is -0.496 e. The van der Waals surface area contributed by atoms with Crippen molar-refractivity contribution in [1.29, 1.82) is 0 Å². The molecule has 0 saturated heterocycles. The Balaban J connectivity index is 2.53. The van der Waals surface area contributed by atoms with E-state index in [0.717, 1.165) is 29.2 Å². The number of nitrogens with two attached hydrogens (primary N) is 1. The highest BCUT2D eigenvalue weighted by molar-refractivity contribution is 6.30. The van der Waals surface area contributed by atoms with Gasteiger partial charge in [0.25, 0.3) is 0 Å². The van der Waals surface area contributed by atoms with E-state index in [1.54, 1.807) is 13.2 Å². The van der Waals surface area contributed by atoms with E-state index >= 15 is 0 Å². The summed E-state index contributed by atoms with van der Waals surface area (Å²) in [6.45, 7) is 3.28. The van der Waals surface area contributed by atoms with Gasteiger partial charge in [0.1, 0.15) is 5.75 Å². The van der Waals surface area contributed by atoms with Crippen LogP contribution in [0.25, 0.3) is 11.3 Å². The Morgan fingerprint density at radius 2 is 2.17 bits per heavy atom. The van der Waals surface area contributed by atoms with Crippen LogP contribution < -0.4 is 10.5 Å². The molecule has 0 saturated carbocycles. The summed E-state index contributed by atoms with van der Waals surface area (Å²) in [6.07, 6.45) is 0. The van der Waals surface area contributed by atoms with Crippen LogP contribution in [0.3, 0.4) is 0 Å². The second kappa shape index (κ2) is 5.42. The summed E-state index contributed by atoms with van der Waals surface area (Å²) >= 11 is 6.02. The predicted molar refractivity (Wildman–Crippen MR) is 72.8 cm³/mol. The molecule has 0 amide bonds. The molecule has 1 aromatic heterocycles. The normalized spacial score (nSPS) is 10.7. The molecule has 0 fully saturated rings. The van der Waals surface area contributed by atoms with Crippen LogP contribution in [0, 0.1) is 0 Å². The summed E-state index contributed by atoms with van der Waals surface area (Å²) in [5.41, 5.74) is 8.41. The van der Waals surface area contributed by atoms with Gasteiger partial charge in [-0.3, -0.25) is 4.68 Å². The fourth-order valence-corrected chi connectivity index (χ4v) is 2.08. The first-order valence-corrected chi connectivity index (χ1v) is 6.18. The lowest BCUT2D eigenvalue weighted by atomic mass is 10.1. The average molecular weight is 266 g/mol. The van der Waals surface area contributed by atoms with E-state index in [2.05, 4.69) is 5.10 Å². The van der Waals surface area contributed by atoms with Gasteiger partial charge in [-0.15, -0.1) is 0 Å². The third-order valence-corrected chi connectivity index (χ3v) is 3.04. The molecule has 4 nitrogen and oxygen atoms in total. The van der Waals surface area contributed by atoms with Crippen LogP contribution >= 0.6 is 11.6 Å². The maximum atomic E-state index is 6.02. The Hall–Kier alpha value is -1.52. The highest BCUT2D eigenvalue weighted by Gasteiger charge is 2.12. The maximum absolute atomic E-state index is 6.02. The Kier molecular flexibility index (Phi) is 3.89. The van der Waals surface area contributed by atoms with Crippen molar-refractivity contribution in [2.45, 2.75) is 20.0 Å². The maximum Gasteiger partial charge on any atom is 0.128 e. The van der Waals surface area contributed by atoms with Crippen molar-refractivity contribution in [3.63, 3.8) is 0 Å². The molecule has 0 spiro atoms. The molecule has 0 aliphatic carbocycles. The summed E-state index contributed by atoms with van der Waals surface area (Å²) in [7, 11) is 1.63. The lowest BCUT2D eigenvalue weighted by Crippen LogP contribution is -2.06. The lowest BCUT2D eigenvalue weighted by Gasteiger charge is -2.06. The second-order valence-corrected chi connectivity index (χ2v) is 4.32. The van der Waals surface area contributed by atoms with Crippen LogP contribution in [0.1, 0.15) is 12.6 Å². The van der Waals surface area contributed by atoms with E-state index in [1.807, 2.05) is 29.8 Å². The van der Waals surface area contributed by atoms with Crippen LogP contribution in [-0.2, 0) is 13.1 Å². The topological polar surface area (TPSA) is 53.1 Å². The molecule has 0 aliphatic heterocycles. The zero-order chi connectivity index (χ0) is 13.1. The summed E-state index contributed by atoms with van der Waals surface area (Å²) in [6, 6.07) is 7.45. The van der Waals surface area contributed by atoms with Gasteiger partial charge in [0.2, 0.25) is 0 Å². The molecular weight excluding hydrogens is 250 g/mol. The molecule has 18 heavy (non-hydrogen) atoms. The third-order valence-electron chi connectivity index (χ3n) is 2.81. The monoisotopic (exact) mass is 265 g/mol. The molecule has 1 heterocycles. The lowest BCUT2D eigenvalue weighted by molar-refractivity contribution is 0.416. The van der Waals surface area contributed by atoms with Crippen molar-refractivity contribution >= 4 is 11.6 Å². The molecule has 0 radical (unpaired) electrons. The van der Waals surface area contributed by atoms with Gasteiger partial charge in [0.15, 0.2) is 0 Å². The largest absolute Gasteiger partial charge is 0.496 e. The number of aryl methyl sites for hydroxylation is 1. The van der Waals surface area contributed by atoms with E-state index < -0.39 is 0 Å². The number of halogens is 1. The molecule has 96 valence electrons. The summed E-state index contributed by atoms with van der Waals surface area (Å²) in [4.78, 5) is 0. The van der Waals surface area contributed by atoms with Crippen LogP contribution in [-0.4, -0.2) is 16.9 Å². The van der Waals surface area contributed by atoms with Gasteiger partial charge in [-0.1, -0.05) is 11.6 Å².